The zero-order valence-electron chi connectivity index (χ0n) is 14.6. The molecule has 1 N–H and O–H groups in total. The van der Waals surface area contributed by atoms with E-state index in [-0.39, 0.29) is 11.3 Å². The van der Waals surface area contributed by atoms with E-state index in [1.54, 1.807) is 44.2 Å². The second kappa shape index (κ2) is 7.12. The number of hydrogen-bond acceptors (Lipinski definition) is 1. The van der Waals surface area contributed by atoms with Crippen LogP contribution >= 0.6 is 11.6 Å². The number of para-hydroxylation sites is 2. The molecular formula is C20H16ClF3N2O. The number of carbonyl (C=O) groups excluding carboxylic acids is 1. The van der Waals surface area contributed by atoms with E-state index in [0.29, 0.717) is 22.1 Å². The van der Waals surface area contributed by atoms with Crippen molar-refractivity contribution >= 4 is 23.2 Å². The van der Waals surface area contributed by atoms with Crippen LogP contribution in [0.4, 0.5) is 18.9 Å². The van der Waals surface area contributed by atoms with Crippen LogP contribution in [-0.2, 0) is 6.18 Å². The first-order valence-corrected chi connectivity index (χ1v) is 8.49. The van der Waals surface area contributed by atoms with Crippen molar-refractivity contribution in [3.8, 4) is 5.69 Å². The van der Waals surface area contributed by atoms with E-state index in [1.807, 2.05) is 0 Å². The topological polar surface area (TPSA) is 34.0 Å². The van der Waals surface area contributed by atoms with Gasteiger partial charge in [-0.2, -0.15) is 13.2 Å². The SMILES string of the molecule is Cc1cc(C(=O)Nc2ccccc2Cl)c(C)n1-c1ccccc1C(F)(F)F. The molecule has 0 aliphatic rings. The molecule has 140 valence electrons. The van der Waals surface area contributed by atoms with Crippen molar-refractivity contribution in [3.63, 3.8) is 0 Å². The zero-order chi connectivity index (χ0) is 19.8. The quantitative estimate of drug-likeness (QED) is 0.581. The fourth-order valence-corrected chi connectivity index (χ4v) is 3.21. The molecule has 0 fully saturated rings. The van der Waals surface area contributed by atoms with Gasteiger partial charge in [0, 0.05) is 11.4 Å². The Balaban J connectivity index is 2.04. The van der Waals surface area contributed by atoms with Crippen LogP contribution in [0.1, 0.15) is 27.3 Å². The number of alkyl halides is 3. The third-order valence-electron chi connectivity index (χ3n) is 4.25. The number of halogens is 4. The number of benzene rings is 2. The van der Waals surface area contributed by atoms with Crippen molar-refractivity contribution in [3.05, 3.63) is 82.1 Å². The molecule has 27 heavy (non-hydrogen) atoms. The van der Waals surface area contributed by atoms with Gasteiger partial charge < -0.3 is 9.88 Å². The molecule has 1 amide bonds. The van der Waals surface area contributed by atoms with E-state index >= 15 is 0 Å². The Morgan fingerprint density at radius 3 is 2.33 bits per heavy atom. The van der Waals surface area contributed by atoms with Crippen molar-refractivity contribution in [1.82, 2.24) is 4.57 Å². The minimum absolute atomic E-state index is 0.0169. The summed E-state index contributed by atoms with van der Waals surface area (Å²) in [5.74, 6) is -0.438. The summed E-state index contributed by atoms with van der Waals surface area (Å²) in [6.07, 6.45) is -4.50. The van der Waals surface area contributed by atoms with Crippen LogP contribution in [0.5, 0.6) is 0 Å². The van der Waals surface area contributed by atoms with Gasteiger partial charge in [-0.25, -0.2) is 0 Å². The van der Waals surface area contributed by atoms with Crippen molar-refractivity contribution in [2.75, 3.05) is 5.32 Å². The van der Waals surface area contributed by atoms with Crippen molar-refractivity contribution in [2.24, 2.45) is 0 Å². The molecule has 0 aliphatic carbocycles. The lowest BCUT2D eigenvalue weighted by molar-refractivity contribution is -0.137. The fraction of sp³-hybridized carbons (Fsp3) is 0.150. The van der Waals surface area contributed by atoms with Crippen molar-refractivity contribution < 1.29 is 18.0 Å². The Hall–Kier alpha value is -2.73. The second-order valence-electron chi connectivity index (χ2n) is 6.07. The van der Waals surface area contributed by atoms with Crippen LogP contribution in [0.25, 0.3) is 5.69 Å². The number of carbonyl (C=O) groups is 1. The maximum atomic E-state index is 13.4. The average molecular weight is 393 g/mol. The maximum Gasteiger partial charge on any atom is 0.418 e. The molecule has 7 heteroatoms. The summed E-state index contributed by atoms with van der Waals surface area (Å²) < 4.78 is 41.6. The Kier molecular flexibility index (Phi) is 5.02. The summed E-state index contributed by atoms with van der Waals surface area (Å²) >= 11 is 6.05. The van der Waals surface area contributed by atoms with E-state index in [1.165, 1.54) is 22.8 Å². The predicted octanol–water partition coefficient (Wildman–Crippen LogP) is 6.02. The number of hydrogen-bond donors (Lipinski definition) is 1. The number of amides is 1. The largest absolute Gasteiger partial charge is 0.418 e. The Bertz CT molecular complexity index is 1010. The van der Waals surface area contributed by atoms with Crippen LogP contribution in [0.2, 0.25) is 5.02 Å². The highest BCUT2D eigenvalue weighted by Crippen LogP contribution is 2.35. The van der Waals surface area contributed by atoms with Gasteiger partial charge >= 0.3 is 6.18 Å². The molecule has 0 saturated carbocycles. The van der Waals surface area contributed by atoms with E-state index < -0.39 is 17.6 Å². The zero-order valence-corrected chi connectivity index (χ0v) is 15.3. The molecule has 3 aromatic rings. The predicted molar refractivity (Wildman–Crippen MR) is 99.7 cm³/mol. The minimum Gasteiger partial charge on any atom is -0.321 e. The highest BCUT2D eigenvalue weighted by molar-refractivity contribution is 6.33. The van der Waals surface area contributed by atoms with E-state index in [9.17, 15) is 18.0 Å². The molecule has 3 rings (SSSR count). The van der Waals surface area contributed by atoms with Crippen LogP contribution in [0, 0.1) is 13.8 Å². The van der Waals surface area contributed by atoms with Gasteiger partial charge in [0.15, 0.2) is 0 Å². The minimum atomic E-state index is -4.50. The lowest BCUT2D eigenvalue weighted by atomic mass is 10.1. The summed E-state index contributed by atoms with van der Waals surface area (Å²) in [7, 11) is 0. The molecule has 1 heterocycles. The summed E-state index contributed by atoms with van der Waals surface area (Å²) in [6, 6.07) is 13.6. The lowest BCUT2D eigenvalue weighted by Gasteiger charge is -2.17. The molecule has 0 spiro atoms. The van der Waals surface area contributed by atoms with Gasteiger partial charge in [0.25, 0.3) is 5.91 Å². The maximum absolute atomic E-state index is 13.4. The van der Waals surface area contributed by atoms with Gasteiger partial charge in [-0.05, 0) is 44.2 Å². The molecule has 0 radical (unpaired) electrons. The standard InChI is InChI=1S/C20H16ClF3N2O/c1-12-11-14(19(27)25-17-9-5-4-8-16(17)21)13(2)26(12)18-10-6-3-7-15(18)20(22,23)24/h3-11H,1-2H3,(H,25,27). The number of anilines is 1. The van der Waals surface area contributed by atoms with E-state index in [0.717, 1.165) is 6.07 Å². The molecular weight excluding hydrogens is 377 g/mol. The first-order valence-electron chi connectivity index (χ1n) is 8.11. The van der Waals surface area contributed by atoms with E-state index in [2.05, 4.69) is 5.32 Å². The first-order chi connectivity index (χ1) is 12.7. The van der Waals surface area contributed by atoms with Gasteiger partial charge in [0.05, 0.1) is 27.5 Å². The van der Waals surface area contributed by atoms with Crippen LogP contribution in [0.3, 0.4) is 0 Å². The fourth-order valence-electron chi connectivity index (χ4n) is 3.02. The average Bonchev–Trinajstić information content (AvgIpc) is 2.90. The molecule has 0 bridgehead atoms. The molecule has 2 aromatic carbocycles. The monoisotopic (exact) mass is 392 g/mol. The first kappa shape index (κ1) is 19.0. The normalized spacial score (nSPS) is 11.5. The van der Waals surface area contributed by atoms with Gasteiger partial charge in [-0.1, -0.05) is 35.9 Å². The summed E-state index contributed by atoms with van der Waals surface area (Å²) in [5.41, 5.74) is 0.873. The van der Waals surface area contributed by atoms with Crippen LogP contribution in [0.15, 0.2) is 54.6 Å². The second-order valence-corrected chi connectivity index (χ2v) is 6.48. The number of aryl methyl sites for hydroxylation is 1. The summed E-state index contributed by atoms with van der Waals surface area (Å²) in [4.78, 5) is 12.7. The lowest BCUT2D eigenvalue weighted by Crippen LogP contribution is -2.15. The van der Waals surface area contributed by atoms with Gasteiger partial charge in [0.1, 0.15) is 0 Å². The molecule has 0 unspecified atom stereocenters. The smallest absolute Gasteiger partial charge is 0.321 e. The number of nitrogens with zero attached hydrogens (tertiary/aromatic N) is 1. The molecule has 0 atom stereocenters. The van der Waals surface area contributed by atoms with Crippen molar-refractivity contribution in [2.45, 2.75) is 20.0 Å². The Morgan fingerprint density at radius 1 is 1.04 bits per heavy atom. The summed E-state index contributed by atoms with van der Waals surface area (Å²) in [5, 5.41) is 3.07. The van der Waals surface area contributed by atoms with E-state index in [4.69, 9.17) is 11.6 Å². The molecule has 0 aliphatic heterocycles. The Labute approximate surface area is 159 Å². The number of nitrogens with one attached hydrogen (secondary N) is 1. The van der Waals surface area contributed by atoms with Gasteiger partial charge in [-0.3, -0.25) is 4.79 Å². The highest BCUT2D eigenvalue weighted by atomic mass is 35.5. The number of aromatic nitrogens is 1. The number of rotatable bonds is 3. The molecule has 1 aromatic heterocycles. The third kappa shape index (κ3) is 3.71. The van der Waals surface area contributed by atoms with Gasteiger partial charge in [-0.15, -0.1) is 0 Å². The Morgan fingerprint density at radius 2 is 1.67 bits per heavy atom. The molecule has 0 saturated heterocycles. The van der Waals surface area contributed by atoms with Crippen LogP contribution in [-0.4, -0.2) is 10.5 Å². The van der Waals surface area contributed by atoms with Gasteiger partial charge in [0.2, 0.25) is 0 Å². The summed E-state index contributed by atoms with van der Waals surface area (Å²) in [6.45, 7) is 3.27. The highest BCUT2D eigenvalue weighted by Gasteiger charge is 2.34. The third-order valence-corrected chi connectivity index (χ3v) is 4.58. The van der Waals surface area contributed by atoms with Crippen LogP contribution < -0.4 is 5.32 Å². The van der Waals surface area contributed by atoms with Crippen molar-refractivity contribution in [1.29, 1.82) is 0 Å². The molecule has 3 nitrogen and oxygen atoms in total.